The van der Waals surface area contributed by atoms with E-state index in [4.69, 9.17) is 4.74 Å². The van der Waals surface area contributed by atoms with Gasteiger partial charge in [0.1, 0.15) is 5.75 Å². The molecule has 0 radical (unpaired) electrons. The summed E-state index contributed by atoms with van der Waals surface area (Å²) in [5, 5.41) is 3.04. The van der Waals surface area contributed by atoms with E-state index in [9.17, 15) is 9.59 Å². The number of piperidine rings is 1. The smallest absolute Gasteiger partial charge is 0.317 e. The van der Waals surface area contributed by atoms with E-state index in [2.05, 4.69) is 19.2 Å². The average molecular weight is 345 g/mol. The van der Waals surface area contributed by atoms with E-state index in [0.717, 1.165) is 30.9 Å². The number of ether oxygens (including phenoxy) is 1. The number of urea groups is 1. The second-order valence-electron chi connectivity index (χ2n) is 7.40. The summed E-state index contributed by atoms with van der Waals surface area (Å²) in [6.07, 6.45) is 1.51. The molecule has 0 bridgehead atoms. The lowest BCUT2D eigenvalue weighted by molar-refractivity contribution is -0.117. The molecule has 1 aromatic rings. The van der Waals surface area contributed by atoms with Gasteiger partial charge < -0.3 is 19.9 Å². The Bertz CT molecular complexity index is 621. The third kappa shape index (κ3) is 4.06. The summed E-state index contributed by atoms with van der Waals surface area (Å²) in [4.78, 5) is 28.5. The highest BCUT2D eigenvalue weighted by atomic mass is 16.5. The van der Waals surface area contributed by atoms with Crippen LogP contribution in [-0.2, 0) is 4.79 Å². The molecular formula is C19H27N3O3. The van der Waals surface area contributed by atoms with Crippen molar-refractivity contribution in [3.05, 3.63) is 24.3 Å². The van der Waals surface area contributed by atoms with Crippen LogP contribution in [0.1, 0.15) is 26.7 Å². The van der Waals surface area contributed by atoms with Gasteiger partial charge in [-0.2, -0.15) is 0 Å². The summed E-state index contributed by atoms with van der Waals surface area (Å²) in [6, 6.07) is 7.22. The van der Waals surface area contributed by atoms with Gasteiger partial charge in [-0.25, -0.2) is 4.79 Å². The Morgan fingerprint density at radius 2 is 1.76 bits per heavy atom. The van der Waals surface area contributed by atoms with Crippen molar-refractivity contribution in [2.45, 2.75) is 32.7 Å². The van der Waals surface area contributed by atoms with Gasteiger partial charge in [-0.05, 0) is 42.5 Å². The molecule has 136 valence electrons. The predicted molar refractivity (Wildman–Crippen MR) is 96.8 cm³/mol. The molecule has 3 atom stereocenters. The van der Waals surface area contributed by atoms with Gasteiger partial charge in [-0.3, -0.25) is 4.79 Å². The number of anilines is 1. The molecule has 0 spiro atoms. The number of benzene rings is 1. The fraction of sp³-hybridized carbons (Fsp3) is 0.579. The molecule has 6 heteroatoms. The minimum atomic E-state index is -0.144. The summed E-state index contributed by atoms with van der Waals surface area (Å²) >= 11 is 0. The molecule has 2 fully saturated rings. The third-order valence-corrected chi connectivity index (χ3v) is 4.99. The molecule has 2 aliphatic rings. The van der Waals surface area contributed by atoms with Crippen LogP contribution in [-0.4, -0.2) is 49.6 Å². The average Bonchev–Trinajstić information content (AvgIpc) is 2.94. The Morgan fingerprint density at radius 1 is 1.12 bits per heavy atom. The lowest BCUT2D eigenvalue weighted by atomic mass is 9.92. The van der Waals surface area contributed by atoms with Crippen LogP contribution in [0, 0.1) is 11.8 Å². The molecule has 0 aromatic heterocycles. The summed E-state index contributed by atoms with van der Waals surface area (Å²) < 4.78 is 5.15. The van der Waals surface area contributed by atoms with Crippen LogP contribution in [0.2, 0.25) is 0 Å². The molecule has 25 heavy (non-hydrogen) atoms. The van der Waals surface area contributed by atoms with Crippen molar-refractivity contribution in [3.8, 4) is 5.75 Å². The van der Waals surface area contributed by atoms with E-state index >= 15 is 0 Å². The Morgan fingerprint density at radius 3 is 2.36 bits per heavy atom. The van der Waals surface area contributed by atoms with Gasteiger partial charge >= 0.3 is 6.03 Å². The van der Waals surface area contributed by atoms with Crippen molar-refractivity contribution in [2.75, 3.05) is 31.6 Å². The number of hydrogen-bond donors (Lipinski definition) is 1. The van der Waals surface area contributed by atoms with Crippen molar-refractivity contribution < 1.29 is 14.3 Å². The van der Waals surface area contributed by atoms with Crippen molar-refractivity contribution in [2.24, 2.45) is 11.8 Å². The minimum Gasteiger partial charge on any atom is -0.497 e. The van der Waals surface area contributed by atoms with E-state index < -0.39 is 0 Å². The van der Waals surface area contributed by atoms with Crippen LogP contribution in [0.5, 0.6) is 5.75 Å². The van der Waals surface area contributed by atoms with Crippen LogP contribution in [0.15, 0.2) is 24.3 Å². The fourth-order valence-corrected chi connectivity index (χ4v) is 3.91. The van der Waals surface area contributed by atoms with Crippen molar-refractivity contribution >= 4 is 17.6 Å². The molecule has 0 unspecified atom stereocenters. The van der Waals surface area contributed by atoms with E-state index in [-0.39, 0.29) is 18.0 Å². The highest BCUT2D eigenvalue weighted by Gasteiger charge is 2.33. The first kappa shape index (κ1) is 17.6. The zero-order valence-corrected chi connectivity index (χ0v) is 15.2. The van der Waals surface area contributed by atoms with E-state index in [1.165, 1.54) is 0 Å². The minimum absolute atomic E-state index is 0.0378. The number of rotatable bonds is 3. The van der Waals surface area contributed by atoms with Crippen LogP contribution in [0.3, 0.4) is 0 Å². The summed E-state index contributed by atoms with van der Waals surface area (Å²) in [6.45, 7) is 6.45. The third-order valence-electron chi connectivity index (χ3n) is 4.99. The number of methoxy groups -OCH3 is 1. The van der Waals surface area contributed by atoms with Gasteiger partial charge in [0.2, 0.25) is 5.91 Å². The maximum atomic E-state index is 12.5. The van der Waals surface area contributed by atoms with E-state index in [1.54, 1.807) is 12.0 Å². The topological polar surface area (TPSA) is 61.9 Å². The second kappa shape index (κ2) is 7.33. The molecular weight excluding hydrogens is 318 g/mol. The standard InChI is InChI=1S/C19H27N3O3/c1-13-8-14(2)11-21(10-13)19(24)20-15-9-18(23)22(12-15)16-4-6-17(25-3)7-5-16/h4-7,13-15H,8-12H2,1-3H3,(H,20,24)/t13-,14-,15+/m0/s1. The van der Waals surface area contributed by atoms with Gasteiger partial charge in [-0.1, -0.05) is 13.8 Å². The van der Waals surface area contributed by atoms with Gasteiger partial charge in [0.05, 0.1) is 13.2 Å². The van der Waals surface area contributed by atoms with E-state index in [1.807, 2.05) is 29.2 Å². The van der Waals surface area contributed by atoms with Crippen molar-refractivity contribution in [3.63, 3.8) is 0 Å². The number of nitrogens with zero attached hydrogens (tertiary/aromatic N) is 2. The monoisotopic (exact) mass is 345 g/mol. The molecule has 6 nitrogen and oxygen atoms in total. The SMILES string of the molecule is COc1ccc(N2C[C@H](NC(=O)N3C[C@@H](C)C[C@H](C)C3)CC2=O)cc1. The highest BCUT2D eigenvalue weighted by molar-refractivity contribution is 5.96. The summed E-state index contributed by atoms with van der Waals surface area (Å²) in [5.41, 5.74) is 0.836. The first-order valence-corrected chi connectivity index (χ1v) is 8.96. The molecule has 2 saturated heterocycles. The molecule has 1 N–H and O–H groups in total. The first-order valence-electron chi connectivity index (χ1n) is 8.96. The number of nitrogens with one attached hydrogen (secondary N) is 1. The molecule has 0 aliphatic carbocycles. The summed E-state index contributed by atoms with van der Waals surface area (Å²) in [5.74, 6) is 1.84. The number of amides is 3. The first-order chi connectivity index (χ1) is 12.0. The zero-order chi connectivity index (χ0) is 18.0. The second-order valence-corrected chi connectivity index (χ2v) is 7.40. The number of carbonyl (C=O) groups excluding carboxylic acids is 2. The maximum absolute atomic E-state index is 12.5. The lowest BCUT2D eigenvalue weighted by Crippen LogP contribution is -2.50. The molecule has 1 aromatic carbocycles. The zero-order valence-electron chi connectivity index (χ0n) is 15.2. The molecule has 0 saturated carbocycles. The van der Waals surface area contributed by atoms with Crippen LogP contribution in [0.4, 0.5) is 10.5 Å². The number of carbonyl (C=O) groups is 2. The molecule has 2 heterocycles. The Labute approximate surface area is 149 Å². The number of hydrogen-bond acceptors (Lipinski definition) is 3. The summed E-state index contributed by atoms with van der Waals surface area (Å²) in [7, 11) is 1.61. The van der Waals surface area contributed by atoms with Crippen LogP contribution < -0.4 is 15.0 Å². The Balaban J connectivity index is 1.59. The van der Waals surface area contributed by atoms with Crippen LogP contribution >= 0.6 is 0 Å². The Hall–Kier alpha value is -2.24. The highest BCUT2D eigenvalue weighted by Crippen LogP contribution is 2.25. The lowest BCUT2D eigenvalue weighted by Gasteiger charge is -2.35. The quantitative estimate of drug-likeness (QED) is 0.915. The molecule has 3 amide bonds. The van der Waals surface area contributed by atoms with E-state index in [0.29, 0.717) is 24.8 Å². The van der Waals surface area contributed by atoms with Crippen molar-refractivity contribution in [1.82, 2.24) is 10.2 Å². The Kier molecular flexibility index (Phi) is 5.16. The largest absolute Gasteiger partial charge is 0.497 e. The van der Waals surface area contributed by atoms with Gasteiger partial charge in [0.15, 0.2) is 0 Å². The predicted octanol–water partition coefficient (Wildman–Crippen LogP) is 2.49. The molecule has 3 rings (SSSR count). The van der Waals surface area contributed by atoms with Gasteiger partial charge in [0.25, 0.3) is 0 Å². The number of likely N-dealkylation sites (tertiary alicyclic amines) is 1. The maximum Gasteiger partial charge on any atom is 0.317 e. The molecule has 2 aliphatic heterocycles. The van der Waals surface area contributed by atoms with Crippen molar-refractivity contribution in [1.29, 1.82) is 0 Å². The normalized spacial score (nSPS) is 26.7. The fourth-order valence-electron chi connectivity index (χ4n) is 3.91. The van der Waals surface area contributed by atoms with Crippen LogP contribution in [0.25, 0.3) is 0 Å². The van der Waals surface area contributed by atoms with Gasteiger partial charge in [0, 0.05) is 31.7 Å². The van der Waals surface area contributed by atoms with Gasteiger partial charge in [-0.15, -0.1) is 0 Å².